The molecule has 0 bridgehead atoms. The van der Waals surface area contributed by atoms with Crippen molar-refractivity contribution >= 4 is 81.1 Å². The quantitative estimate of drug-likeness (QED) is 0.181. The Balaban J connectivity index is 1.08. The summed E-state index contributed by atoms with van der Waals surface area (Å²) < 4.78 is 5.05. The van der Waals surface area contributed by atoms with Crippen molar-refractivity contribution in [1.82, 2.24) is 4.57 Å². The fourth-order valence-electron chi connectivity index (χ4n) is 7.52. The van der Waals surface area contributed by atoms with Gasteiger partial charge in [0.25, 0.3) is 0 Å². The first-order valence-corrected chi connectivity index (χ1v) is 17.5. The maximum atomic E-state index is 2.37. The van der Waals surface area contributed by atoms with Gasteiger partial charge in [-0.25, -0.2) is 0 Å². The van der Waals surface area contributed by atoms with Crippen molar-refractivity contribution in [3.63, 3.8) is 0 Å². The molecule has 10 aromatic rings. The molecule has 0 aliphatic carbocycles. The zero-order valence-corrected chi connectivity index (χ0v) is 27.4. The molecule has 3 heteroatoms. The molecule has 0 saturated heterocycles. The molecule has 0 spiro atoms. The molecule has 0 amide bonds. The molecule has 0 aliphatic heterocycles. The minimum absolute atomic E-state index is 1.12. The van der Waals surface area contributed by atoms with Gasteiger partial charge in [-0.1, -0.05) is 103 Å². The lowest BCUT2D eigenvalue weighted by Crippen LogP contribution is -2.09. The predicted molar refractivity (Wildman–Crippen MR) is 211 cm³/mol. The number of fused-ring (bicyclic) bond motifs is 8. The minimum atomic E-state index is 1.12. The van der Waals surface area contributed by atoms with Crippen LogP contribution in [0.4, 0.5) is 17.1 Å². The van der Waals surface area contributed by atoms with E-state index in [2.05, 4.69) is 191 Å². The summed E-state index contributed by atoms with van der Waals surface area (Å²) in [5.41, 5.74) is 9.37. The van der Waals surface area contributed by atoms with E-state index in [9.17, 15) is 0 Å². The highest BCUT2D eigenvalue weighted by atomic mass is 32.1. The number of aromatic nitrogens is 1. The second-order valence-corrected chi connectivity index (χ2v) is 13.7. The van der Waals surface area contributed by atoms with Crippen molar-refractivity contribution < 1.29 is 0 Å². The van der Waals surface area contributed by atoms with Gasteiger partial charge >= 0.3 is 0 Å². The summed E-state index contributed by atoms with van der Waals surface area (Å²) in [6.07, 6.45) is 0. The van der Waals surface area contributed by atoms with E-state index in [0.717, 1.165) is 17.1 Å². The molecule has 2 aromatic heterocycles. The third-order valence-electron chi connectivity index (χ3n) is 9.76. The second kappa shape index (κ2) is 11.2. The molecule has 230 valence electrons. The molecule has 2 heterocycles. The average molecular weight is 643 g/mol. The highest BCUT2D eigenvalue weighted by Crippen LogP contribution is 2.42. The number of para-hydroxylation sites is 3. The zero-order valence-electron chi connectivity index (χ0n) is 26.6. The van der Waals surface area contributed by atoms with Crippen molar-refractivity contribution in [1.29, 1.82) is 0 Å². The molecular weight excluding hydrogens is 613 g/mol. The monoisotopic (exact) mass is 642 g/mol. The zero-order chi connectivity index (χ0) is 32.3. The Hall–Kier alpha value is -6.16. The lowest BCUT2D eigenvalue weighted by atomic mass is 9.98. The van der Waals surface area contributed by atoms with E-state index in [-0.39, 0.29) is 0 Å². The lowest BCUT2D eigenvalue weighted by molar-refractivity contribution is 1.18. The first-order chi connectivity index (χ1) is 24.3. The summed E-state index contributed by atoms with van der Waals surface area (Å²) in [5.74, 6) is 0. The summed E-state index contributed by atoms with van der Waals surface area (Å²) >= 11 is 1.87. The summed E-state index contributed by atoms with van der Waals surface area (Å²) in [7, 11) is 0. The van der Waals surface area contributed by atoms with Crippen molar-refractivity contribution in [2.75, 3.05) is 4.90 Å². The third kappa shape index (κ3) is 4.55. The van der Waals surface area contributed by atoms with Gasteiger partial charge in [-0.15, -0.1) is 11.3 Å². The topological polar surface area (TPSA) is 8.17 Å². The van der Waals surface area contributed by atoms with Crippen LogP contribution in [0.3, 0.4) is 0 Å². The normalized spacial score (nSPS) is 11.7. The summed E-state index contributed by atoms with van der Waals surface area (Å²) in [4.78, 5) is 2.36. The highest BCUT2D eigenvalue weighted by Gasteiger charge is 2.17. The first-order valence-electron chi connectivity index (χ1n) is 16.7. The van der Waals surface area contributed by atoms with Crippen molar-refractivity contribution in [2.45, 2.75) is 0 Å². The largest absolute Gasteiger partial charge is 0.310 e. The van der Waals surface area contributed by atoms with Crippen LogP contribution in [0.1, 0.15) is 0 Å². The van der Waals surface area contributed by atoms with Crippen LogP contribution >= 0.6 is 11.3 Å². The molecular formula is C46H30N2S. The van der Waals surface area contributed by atoms with E-state index in [4.69, 9.17) is 0 Å². The second-order valence-electron chi connectivity index (χ2n) is 12.6. The molecule has 49 heavy (non-hydrogen) atoms. The maximum Gasteiger partial charge on any atom is 0.0542 e. The van der Waals surface area contributed by atoms with E-state index >= 15 is 0 Å². The van der Waals surface area contributed by atoms with Crippen molar-refractivity contribution in [3.05, 3.63) is 182 Å². The van der Waals surface area contributed by atoms with Crippen molar-refractivity contribution in [3.8, 4) is 16.8 Å². The van der Waals surface area contributed by atoms with Gasteiger partial charge in [-0.05, 0) is 101 Å². The fourth-order valence-corrected chi connectivity index (χ4v) is 8.64. The molecule has 0 unspecified atom stereocenters. The van der Waals surface area contributed by atoms with Gasteiger partial charge in [0.1, 0.15) is 0 Å². The number of benzene rings is 8. The number of rotatable bonds is 5. The molecule has 0 atom stereocenters. The smallest absolute Gasteiger partial charge is 0.0542 e. The number of hydrogen-bond acceptors (Lipinski definition) is 2. The molecule has 0 radical (unpaired) electrons. The van der Waals surface area contributed by atoms with Crippen LogP contribution in [0.15, 0.2) is 182 Å². The van der Waals surface area contributed by atoms with Gasteiger partial charge in [-0.3, -0.25) is 0 Å². The van der Waals surface area contributed by atoms with Gasteiger partial charge in [-0.2, -0.15) is 0 Å². The summed E-state index contributed by atoms with van der Waals surface area (Å²) in [6.45, 7) is 0. The van der Waals surface area contributed by atoms with Crippen LogP contribution in [0.25, 0.3) is 69.6 Å². The summed E-state index contributed by atoms with van der Waals surface area (Å²) in [6, 6.07) is 66.1. The molecule has 8 aromatic carbocycles. The summed E-state index contributed by atoms with van der Waals surface area (Å²) in [5, 5.41) is 7.77. The van der Waals surface area contributed by atoms with Gasteiger partial charge in [0.2, 0.25) is 0 Å². The Morgan fingerprint density at radius 2 is 1.04 bits per heavy atom. The van der Waals surface area contributed by atoms with Gasteiger partial charge in [0, 0.05) is 53.7 Å². The molecule has 0 fully saturated rings. The third-order valence-corrected chi connectivity index (χ3v) is 10.9. The standard InChI is InChI=1S/C46H30N2S/c1-3-11-34(12-4-1)47(37-25-27-43-41(30-37)39-15-7-9-17-42(39)48(43)35-13-5-2-6-14-35)36-23-19-31(20-24-36)32-21-26-38-33(29-32)22-28-45-46(38)40-16-8-10-18-44(40)49-45/h1-30H. The predicted octanol–water partition coefficient (Wildman–Crippen LogP) is 13.4. The van der Waals surface area contributed by atoms with Gasteiger partial charge < -0.3 is 9.47 Å². The Kier molecular flexibility index (Phi) is 6.39. The Labute approximate surface area is 288 Å². The fraction of sp³-hybridized carbons (Fsp3) is 0. The van der Waals surface area contributed by atoms with Crippen LogP contribution in [0.2, 0.25) is 0 Å². The molecule has 0 N–H and O–H groups in total. The minimum Gasteiger partial charge on any atom is -0.310 e. The van der Waals surface area contributed by atoms with Crippen LogP contribution in [-0.4, -0.2) is 4.57 Å². The Morgan fingerprint density at radius 1 is 0.388 bits per heavy atom. The van der Waals surface area contributed by atoms with Crippen LogP contribution in [0.5, 0.6) is 0 Å². The molecule has 0 saturated carbocycles. The number of thiophene rings is 1. The number of nitrogens with zero attached hydrogens (tertiary/aromatic N) is 2. The first kappa shape index (κ1) is 27.9. The average Bonchev–Trinajstić information content (AvgIpc) is 3.72. The van der Waals surface area contributed by atoms with Gasteiger partial charge in [0.15, 0.2) is 0 Å². The van der Waals surface area contributed by atoms with E-state index in [1.165, 1.54) is 69.6 Å². The van der Waals surface area contributed by atoms with Crippen LogP contribution in [0, 0.1) is 0 Å². The molecule has 10 rings (SSSR count). The molecule has 0 aliphatic rings. The Bertz CT molecular complexity index is 2810. The maximum absolute atomic E-state index is 2.37. The highest BCUT2D eigenvalue weighted by molar-refractivity contribution is 7.26. The lowest BCUT2D eigenvalue weighted by Gasteiger charge is -2.26. The Morgan fingerprint density at radius 3 is 1.88 bits per heavy atom. The number of anilines is 3. The van der Waals surface area contributed by atoms with Crippen molar-refractivity contribution in [2.24, 2.45) is 0 Å². The van der Waals surface area contributed by atoms with E-state index in [1.54, 1.807) is 0 Å². The SMILES string of the molecule is c1ccc(N(c2ccc(-c3ccc4c(ccc5sc6ccccc6c54)c3)cc2)c2ccc3c(c2)c2ccccc2n3-c2ccccc2)cc1. The van der Waals surface area contributed by atoms with Crippen LogP contribution < -0.4 is 4.90 Å². The van der Waals surface area contributed by atoms with E-state index < -0.39 is 0 Å². The van der Waals surface area contributed by atoms with E-state index in [1.807, 2.05) is 11.3 Å². The van der Waals surface area contributed by atoms with Gasteiger partial charge in [0.05, 0.1) is 11.0 Å². The van der Waals surface area contributed by atoms with E-state index in [0.29, 0.717) is 0 Å². The molecule has 2 nitrogen and oxygen atoms in total. The van der Waals surface area contributed by atoms with Crippen LogP contribution in [-0.2, 0) is 0 Å². The number of hydrogen-bond donors (Lipinski definition) is 0.